The zero-order chi connectivity index (χ0) is 23.6. The molecule has 7 nitrogen and oxygen atoms in total. The van der Waals surface area contributed by atoms with Crippen LogP contribution >= 0.6 is 0 Å². The SMILES string of the molecule is COc1cc(/C=C/C(=O)N2CCN(CC(=O)N3CCCCCC3)CC2)ccc1OCC(C)C. The molecule has 7 heteroatoms. The molecule has 0 N–H and O–H groups in total. The summed E-state index contributed by atoms with van der Waals surface area (Å²) in [5.41, 5.74) is 0.888. The minimum Gasteiger partial charge on any atom is -0.493 e. The lowest BCUT2D eigenvalue weighted by Crippen LogP contribution is -2.51. The topological polar surface area (TPSA) is 62.3 Å². The Morgan fingerprint density at radius 3 is 2.27 bits per heavy atom. The van der Waals surface area contributed by atoms with Gasteiger partial charge in [-0.3, -0.25) is 14.5 Å². The molecule has 3 rings (SSSR count). The van der Waals surface area contributed by atoms with Gasteiger partial charge in [-0.25, -0.2) is 0 Å². The van der Waals surface area contributed by atoms with Gasteiger partial charge < -0.3 is 19.3 Å². The standard InChI is InChI=1S/C26H39N3O4/c1-21(2)20-33-23-10-8-22(18-24(23)32-3)9-11-25(30)29-16-14-27(15-17-29)19-26(31)28-12-6-4-5-7-13-28/h8-11,18,21H,4-7,12-17,19-20H2,1-3H3/b11-9+. The number of rotatable bonds is 8. The zero-order valence-corrected chi connectivity index (χ0v) is 20.4. The lowest BCUT2D eigenvalue weighted by atomic mass is 10.1. The van der Waals surface area contributed by atoms with E-state index < -0.39 is 0 Å². The van der Waals surface area contributed by atoms with E-state index in [0.717, 1.165) is 44.6 Å². The molecule has 182 valence electrons. The normalized spacial score (nSPS) is 17.9. The summed E-state index contributed by atoms with van der Waals surface area (Å²) in [6, 6.07) is 5.69. The van der Waals surface area contributed by atoms with Crippen LogP contribution in [0.5, 0.6) is 11.5 Å². The third-order valence-electron chi connectivity index (χ3n) is 6.18. The summed E-state index contributed by atoms with van der Waals surface area (Å²) in [5.74, 6) is 2.02. The van der Waals surface area contributed by atoms with Crippen LogP contribution in [0.25, 0.3) is 6.08 Å². The van der Waals surface area contributed by atoms with Crippen LogP contribution in [0.1, 0.15) is 45.1 Å². The number of benzene rings is 1. The summed E-state index contributed by atoms with van der Waals surface area (Å²) in [6.45, 7) is 9.80. The first-order valence-corrected chi connectivity index (χ1v) is 12.2. The Hall–Kier alpha value is -2.54. The minimum atomic E-state index is -0.00686. The smallest absolute Gasteiger partial charge is 0.246 e. The van der Waals surface area contributed by atoms with Crippen molar-refractivity contribution in [1.29, 1.82) is 0 Å². The molecule has 2 aliphatic heterocycles. The maximum Gasteiger partial charge on any atom is 0.246 e. The molecule has 1 aromatic rings. The summed E-state index contributed by atoms with van der Waals surface area (Å²) >= 11 is 0. The van der Waals surface area contributed by atoms with Gasteiger partial charge in [0, 0.05) is 45.3 Å². The Morgan fingerprint density at radius 2 is 1.64 bits per heavy atom. The molecule has 0 radical (unpaired) electrons. The number of nitrogens with zero attached hydrogens (tertiary/aromatic N) is 3. The lowest BCUT2D eigenvalue weighted by Gasteiger charge is -2.34. The number of hydrogen-bond acceptors (Lipinski definition) is 5. The fourth-order valence-electron chi connectivity index (χ4n) is 4.17. The highest BCUT2D eigenvalue weighted by molar-refractivity contribution is 5.92. The largest absolute Gasteiger partial charge is 0.493 e. The summed E-state index contributed by atoms with van der Waals surface area (Å²) in [5, 5.41) is 0. The van der Waals surface area contributed by atoms with Crippen LogP contribution in [0, 0.1) is 5.92 Å². The molecule has 0 saturated carbocycles. The van der Waals surface area contributed by atoms with Crippen molar-refractivity contribution in [2.45, 2.75) is 39.5 Å². The second-order valence-electron chi connectivity index (χ2n) is 9.34. The van der Waals surface area contributed by atoms with Gasteiger partial charge in [0.25, 0.3) is 0 Å². The molecule has 33 heavy (non-hydrogen) atoms. The van der Waals surface area contributed by atoms with Crippen LogP contribution in [0.15, 0.2) is 24.3 Å². The Morgan fingerprint density at radius 1 is 0.939 bits per heavy atom. The molecule has 2 heterocycles. The van der Waals surface area contributed by atoms with Gasteiger partial charge in [-0.1, -0.05) is 32.8 Å². The quantitative estimate of drug-likeness (QED) is 0.561. The molecule has 0 aliphatic carbocycles. The maximum absolute atomic E-state index is 12.7. The van der Waals surface area contributed by atoms with E-state index in [9.17, 15) is 9.59 Å². The lowest BCUT2D eigenvalue weighted by molar-refractivity contribution is -0.133. The third kappa shape index (κ3) is 7.77. The highest BCUT2D eigenvalue weighted by Gasteiger charge is 2.23. The third-order valence-corrected chi connectivity index (χ3v) is 6.18. The Kier molecular flexibility index (Phi) is 9.61. The van der Waals surface area contributed by atoms with Crippen LogP contribution in [-0.4, -0.2) is 86.0 Å². The van der Waals surface area contributed by atoms with Gasteiger partial charge in [0.2, 0.25) is 11.8 Å². The molecular weight excluding hydrogens is 418 g/mol. The van der Waals surface area contributed by atoms with Crippen molar-refractivity contribution in [2.75, 3.05) is 59.5 Å². The summed E-state index contributed by atoms with van der Waals surface area (Å²) in [6.07, 6.45) is 8.09. The molecule has 2 saturated heterocycles. The second-order valence-corrected chi connectivity index (χ2v) is 9.34. The molecule has 0 unspecified atom stereocenters. The highest BCUT2D eigenvalue weighted by atomic mass is 16.5. The first-order chi connectivity index (χ1) is 16.0. The zero-order valence-electron chi connectivity index (χ0n) is 20.4. The first-order valence-electron chi connectivity index (χ1n) is 12.2. The van der Waals surface area contributed by atoms with Crippen LogP contribution in [-0.2, 0) is 9.59 Å². The fourth-order valence-corrected chi connectivity index (χ4v) is 4.17. The maximum atomic E-state index is 12.7. The summed E-state index contributed by atoms with van der Waals surface area (Å²) < 4.78 is 11.2. The van der Waals surface area contributed by atoms with Crippen LogP contribution in [0.4, 0.5) is 0 Å². The van der Waals surface area contributed by atoms with E-state index in [4.69, 9.17) is 9.47 Å². The summed E-state index contributed by atoms with van der Waals surface area (Å²) in [7, 11) is 1.62. The van der Waals surface area contributed by atoms with E-state index in [1.165, 1.54) is 12.8 Å². The van der Waals surface area contributed by atoms with Gasteiger partial charge in [-0.05, 0) is 42.5 Å². The van der Waals surface area contributed by atoms with Gasteiger partial charge >= 0.3 is 0 Å². The van der Waals surface area contributed by atoms with Gasteiger partial charge in [0.05, 0.1) is 20.3 Å². The predicted octanol–water partition coefficient (Wildman–Crippen LogP) is 3.29. The number of likely N-dealkylation sites (tertiary alicyclic amines) is 1. The van der Waals surface area contributed by atoms with E-state index in [-0.39, 0.29) is 11.8 Å². The Balaban J connectivity index is 1.47. The van der Waals surface area contributed by atoms with E-state index >= 15 is 0 Å². The van der Waals surface area contributed by atoms with Gasteiger partial charge in [0.15, 0.2) is 11.5 Å². The first kappa shape index (κ1) is 25.1. The average molecular weight is 458 g/mol. The number of ether oxygens (including phenoxy) is 2. The monoisotopic (exact) mass is 457 g/mol. The van der Waals surface area contributed by atoms with Crippen molar-refractivity contribution in [3.05, 3.63) is 29.8 Å². The van der Waals surface area contributed by atoms with Crippen molar-refractivity contribution in [3.63, 3.8) is 0 Å². The molecule has 2 fully saturated rings. The number of piperazine rings is 1. The summed E-state index contributed by atoms with van der Waals surface area (Å²) in [4.78, 5) is 31.3. The number of hydrogen-bond donors (Lipinski definition) is 0. The molecule has 0 aromatic heterocycles. The molecule has 0 atom stereocenters. The minimum absolute atomic E-state index is 0.00686. The molecule has 2 amide bonds. The van der Waals surface area contributed by atoms with Crippen molar-refractivity contribution in [2.24, 2.45) is 5.92 Å². The molecule has 0 spiro atoms. The van der Waals surface area contributed by atoms with Crippen molar-refractivity contribution in [1.82, 2.24) is 14.7 Å². The second kappa shape index (κ2) is 12.6. The van der Waals surface area contributed by atoms with Crippen molar-refractivity contribution in [3.8, 4) is 11.5 Å². The fraction of sp³-hybridized carbons (Fsp3) is 0.615. The van der Waals surface area contributed by atoms with Crippen LogP contribution in [0.2, 0.25) is 0 Å². The van der Waals surface area contributed by atoms with E-state index in [1.54, 1.807) is 13.2 Å². The highest BCUT2D eigenvalue weighted by Crippen LogP contribution is 2.29. The molecular formula is C26H39N3O4. The van der Waals surface area contributed by atoms with Crippen LogP contribution < -0.4 is 9.47 Å². The van der Waals surface area contributed by atoms with Gasteiger partial charge in [-0.2, -0.15) is 0 Å². The number of carbonyl (C=O) groups excluding carboxylic acids is 2. The van der Waals surface area contributed by atoms with Crippen LogP contribution in [0.3, 0.4) is 0 Å². The Labute approximate surface area is 198 Å². The van der Waals surface area contributed by atoms with E-state index in [1.807, 2.05) is 34.1 Å². The van der Waals surface area contributed by atoms with Crippen molar-refractivity contribution < 1.29 is 19.1 Å². The number of methoxy groups -OCH3 is 1. The van der Waals surface area contributed by atoms with Gasteiger partial charge in [0.1, 0.15) is 0 Å². The predicted molar refractivity (Wildman–Crippen MR) is 130 cm³/mol. The van der Waals surface area contributed by atoms with E-state index in [2.05, 4.69) is 18.7 Å². The van der Waals surface area contributed by atoms with Gasteiger partial charge in [-0.15, -0.1) is 0 Å². The number of carbonyl (C=O) groups is 2. The number of amides is 2. The molecule has 1 aromatic carbocycles. The Bertz CT molecular complexity index is 808. The molecule has 0 bridgehead atoms. The van der Waals surface area contributed by atoms with E-state index in [0.29, 0.717) is 43.7 Å². The van der Waals surface area contributed by atoms with Crippen molar-refractivity contribution >= 4 is 17.9 Å². The average Bonchev–Trinajstić information content (AvgIpc) is 3.11. The molecule has 2 aliphatic rings.